The van der Waals surface area contributed by atoms with Gasteiger partial charge in [-0.25, -0.2) is 4.39 Å². The second-order valence-electron chi connectivity index (χ2n) is 12.6. The second kappa shape index (κ2) is 10.9. The molecule has 1 aromatic heterocycles. The molecule has 2 aromatic rings. The lowest BCUT2D eigenvalue weighted by Crippen LogP contribution is -2.59. The van der Waals surface area contributed by atoms with Gasteiger partial charge in [-0.3, -0.25) is 19.1 Å². The van der Waals surface area contributed by atoms with Crippen LogP contribution >= 0.6 is 0 Å². The van der Waals surface area contributed by atoms with Gasteiger partial charge in [-0.1, -0.05) is 26.0 Å². The number of likely N-dealkylation sites (N-methyl/N-ethyl adjacent to an activating group) is 1. The standard InChI is InChI=1S/C29H40FN7O3/c1-17(31-5)26(38)32-25(29(2,3)4)28(40)36-13-12-23-24(36)20(15-37(23)27(39)19-6-7-19)14-35-16-22(33-34-35)18-8-10-21(30)11-9-18/h8-11,16-17,19-20,23-25,31H,6-7,12-15H2,1-5H3,(H,32,38). The Kier molecular flexibility index (Phi) is 7.69. The van der Waals surface area contributed by atoms with Gasteiger partial charge in [0.2, 0.25) is 17.7 Å². The van der Waals surface area contributed by atoms with Crippen LogP contribution in [0.15, 0.2) is 30.5 Å². The van der Waals surface area contributed by atoms with Crippen LogP contribution in [0.5, 0.6) is 0 Å². The number of carbonyl (C=O) groups excluding carboxylic acids is 3. The number of amides is 3. The zero-order valence-electron chi connectivity index (χ0n) is 23.9. The zero-order chi connectivity index (χ0) is 28.8. The molecule has 2 saturated heterocycles. The van der Waals surface area contributed by atoms with Gasteiger partial charge < -0.3 is 20.4 Å². The van der Waals surface area contributed by atoms with E-state index in [0.29, 0.717) is 31.7 Å². The molecule has 0 spiro atoms. The summed E-state index contributed by atoms with van der Waals surface area (Å²) in [6.45, 7) is 9.18. The Morgan fingerprint density at radius 1 is 1.10 bits per heavy atom. The van der Waals surface area contributed by atoms with Gasteiger partial charge >= 0.3 is 0 Å². The Labute approximate surface area is 234 Å². The Balaban J connectivity index is 1.40. The number of halogens is 1. The van der Waals surface area contributed by atoms with Crippen molar-refractivity contribution in [3.63, 3.8) is 0 Å². The van der Waals surface area contributed by atoms with Gasteiger partial charge in [0, 0.05) is 37.0 Å². The number of hydrogen-bond acceptors (Lipinski definition) is 6. The third-order valence-corrected chi connectivity index (χ3v) is 8.55. The van der Waals surface area contributed by atoms with Crippen molar-refractivity contribution in [1.29, 1.82) is 0 Å². The second-order valence-corrected chi connectivity index (χ2v) is 12.6. The predicted molar refractivity (Wildman–Crippen MR) is 147 cm³/mol. The average molecular weight is 554 g/mol. The molecular formula is C29H40FN7O3. The fourth-order valence-corrected chi connectivity index (χ4v) is 6.04. The van der Waals surface area contributed by atoms with Crippen LogP contribution in [0.25, 0.3) is 11.3 Å². The van der Waals surface area contributed by atoms with Crippen LogP contribution in [0.3, 0.4) is 0 Å². The van der Waals surface area contributed by atoms with Gasteiger partial charge in [0.25, 0.3) is 0 Å². The van der Waals surface area contributed by atoms with Crippen molar-refractivity contribution < 1.29 is 18.8 Å². The number of nitrogens with one attached hydrogen (secondary N) is 2. The van der Waals surface area contributed by atoms with E-state index in [-0.39, 0.29) is 47.5 Å². The SMILES string of the molecule is CNC(C)C(=O)NC(C(=O)N1CCC2C1C(Cn1cc(-c3ccc(F)cc3)nn1)CN2C(=O)C1CC1)C(C)(C)C. The summed E-state index contributed by atoms with van der Waals surface area (Å²) in [6.07, 6.45) is 4.38. The van der Waals surface area contributed by atoms with Crippen LogP contribution in [0, 0.1) is 23.1 Å². The van der Waals surface area contributed by atoms with Gasteiger partial charge in [-0.15, -0.1) is 5.10 Å². The molecule has 2 N–H and O–H groups in total. The summed E-state index contributed by atoms with van der Waals surface area (Å²) < 4.78 is 15.1. The van der Waals surface area contributed by atoms with Crippen molar-refractivity contribution in [1.82, 2.24) is 35.4 Å². The maximum Gasteiger partial charge on any atom is 0.246 e. The monoisotopic (exact) mass is 553 g/mol. The van der Waals surface area contributed by atoms with Gasteiger partial charge in [-0.05, 0) is 62.9 Å². The molecule has 1 saturated carbocycles. The van der Waals surface area contributed by atoms with Crippen molar-refractivity contribution >= 4 is 17.7 Å². The van der Waals surface area contributed by atoms with Gasteiger partial charge in [-0.2, -0.15) is 0 Å². The van der Waals surface area contributed by atoms with Crippen LogP contribution in [-0.2, 0) is 20.9 Å². The highest BCUT2D eigenvalue weighted by atomic mass is 19.1. The average Bonchev–Trinajstić information content (AvgIpc) is 3.35. The van der Waals surface area contributed by atoms with Crippen molar-refractivity contribution in [2.45, 2.75) is 77.7 Å². The number of carbonyl (C=O) groups is 3. The summed E-state index contributed by atoms with van der Waals surface area (Å²) >= 11 is 0. The molecule has 3 heterocycles. The molecule has 1 aromatic carbocycles. The largest absolute Gasteiger partial charge is 0.342 e. The normalized spacial score (nSPS) is 24.1. The first kappa shape index (κ1) is 28.2. The quantitative estimate of drug-likeness (QED) is 0.518. The van der Waals surface area contributed by atoms with Crippen LogP contribution in [-0.4, -0.2) is 86.8 Å². The minimum Gasteiger partial charge on any atom is -0.342 e. The third-order valence-electron chi connectivity index (χ3n) is 8.55. The summed E-state index contributed by atoms with van der Waals surface area (Å²) in [5.41, 5.74) is 0.889. The molecule has 1 aliphatic carbocycles. The van der Waals surface area contributed by atoms with E-state index >= 15 is 0 Å². The zero-order valence-corrected chi connectivity index (χ0v) is 23.9. The Bertz CT molecular complexity index is 1250. The van der Waals surface area contributed by atoms with Crippen molar-refractivity contribution in [2.24, 2.45) is 17.3 Å². The van der Waals surface area contributed by atoms with Gasteiger partial charge in [0.1, 0.15) is 17.6 Å². The van der Waals surface area contributed by atoms with Crippen LogP contribution in [0.4, 0.5) is 4.39 Å². The molecule has 5 rings (SSSR count). The minimum absolute atomic E-state index is 0.0468. The van der Waals surface area contributed by atoms with E-state index in [0.717, 1.165) is 18.4 Å². The Hall–Kier alpha value is -3.34. The molecule has 3 fully saturated rings. The highest BCUT2D eigenvalue weighted by Crippen LogP contribution is 2.41. The third kappa shape index (κ3) is 5.61. The first-order valence-electron chi connectivity index (χ1n) is 14.2. The number of aromatic nitrogens is 3. The molecule has 5 atom stereocenters. The Morgan fingerprint density at radius 2 is 1.80 bits per heavy atom. The van der Waals surface area contributed by atoms with Crippen molar-refractivity contribution in [3.05, 3.63) is 36.3 Å². The van der Waals surface area contributed by atoms with E-state index in [1.54, 1.807) is 30.8 Å². The molecule has 11 heteroatoms. The Morgan fingerprint density at radius 3 is 2.42 bits per heavy atom. The van der Waals surface area contributed by atoms with E-state index in [1.807, 2.05) is 36.8 Å². The maximum absolute atomic E-state index is 14.1. The molecule has 0 bridgehead atoms. The summed E-state index contributed by atoms with van der Waals surface area (Å²) in [6, 6.07) is 4.73. The molecule has 5 unspecified atom stereocenters. The van der Waals surface area contributed by atoms with Crippen molar-refractivity contribution in [2.75, 3.05) is 20.1 Å². The van der Waals surface area contributed by atoms with E-state index in [4.69, 9.17) is 0 Å². The highest BCUT2D eigenvalue weighted by molar-refractivity contribution is 5.91. The fourth-order valence-electron chi connectivity index (χ4n) is 6.04. The lowest BCUT2D eigenvalue weighted by molar-refractivity contribution is -0.141. The van der Waals surface area contributed by atoms with Gasteiger partial charge in [0.15, 0.2) is 0 Å². The summed E-state index contributed by atoms with van der Waals surface area (Å²) in [5.74, 6) is -0.436. The van der Waals surface area contributed by atoms with Crippen LogP contribution < -0.4 is 10.6 Å². The molecule has 10 nitrogen and oxygen atoms in total. The smallest absolute Gasteiger partial charge is 0.246 e. The van der Waals surface area contributed by atoms with Gasteiger partial charge in [0.05, 0.1) is 24.3 Å². The number of rotatable bonds is 8. The lowest BCUT2D eigenvalue weighted by Gasteiger charge is -2.37. The molecule has 3 amide bonds. The fraction of sp³-hybridized carbons (Fsp3) is 0.621. The summed E-state index contributed by atoms with van der Waals surface area (Å²) in [5, 5.41) is 14.5. The number of nitrogens with zero attached hydrogens (tertiary/aromatic N) is 5. The topological polar surface area (TPSA) is 112 Å². The van der Waals surface area contributed by atoms with Crippen LogP contribution in [0.1, 0.15) is 47.0 Å². The molecule has 3 aliphatic rings. The molecular weight excluding hydrogens is 513 g/mol. The van der Waals surface area contributed by atoms with Crippen LogP contribution in [0.2, 0.25) is 0 Å². The molecule has 2 aliphatic heterocycles. The first-order chi connectivity index (χ1) is 19.0. The number of benzene rings is 1. The van der Waals surface area contributed by atoms with E-state index < -0.39 is 17.5 Å². The summed E-state index contributed by atoms with van der Waals surface area (Å²) in [4.78, 5) is 44.1. The van der Waals surface area contributed by atoms with Crippen molar-refractivity contribution in [3.8, 4) is 11.3 Å². The minimum atomic E-state index is -0.708. The first-order valence-corrected chi connectivity index (χ1v) is 14.2. The summed E-state index contributed by atoms with van der Waals surface area (Å²) in [7, 11) is 1.71. The molecule has 216 valence electrons. The van der Waals surface area contributed by atoms with E-state index in [1.165, 1.54) is 12.1 Å². The molecule has 0 radical (unpaired) electrons. The predicted octanol–water partition coefficient (Wildman–Crippen LogP) is 2.06. The lowest BCUT2D eigenvalue weighted by atomic mass is 9.85. The number of likely N-dealkylation sites (tertiary alicyclic amines) is 2. The highest BCUT2D eigenvalue weighted by Gasteiger charge is 2.54. The van der Waals surface area contributed by atoms with E-state index in [2.05, 4.69) is 20.9 Å². The number of hydrogen-bond donors (Lipinski definition) is 2. The molecule has 40 heavy (non-hydrogen) atoms. The maximum atomic E-state index is 14.1. The van der Waals surface area contributed by atoms with E-state index in [9.17, 15) is 18.8 Å². The number of fused-ring (bicyclic) bond motifs is 1.